The van der Waals surface area contributed by atoms with Crippen LogP contribution in [-0.2, 0) is 16.0 Å². The number of amides is 1. The molecule has 1 heterocycles. The van der Waals surface area contributed by atoms with Crippen LogP contribution in [0.5, 0.6) is 0 Å². The zero-order valence-electron chi connectivity index (χ0n) is 12.5. The summed E-state index contributed by atoms with van der Waals surface area (Å²) in [6.07, 6.45) is 4.77. The van der Waals surface area contributed by atoms with Crippen LogP contribution in [0, 0.1) is 5.82 Å². The molecule has 1 atom stereocenters. The maximum atomic E-state index is 12.9. The molecule has 0 saturated carbocycles. The van der Waals surface area contributed by atoms with Crippen molar-refractivity contribution in [1.82, 2.24) is 4.90 Å². The van der Waals surface area contributed by atoms with E-state index in [2.05, 4.69) is 0 Å². The molecule has 1 aliphatic rings. The second kappa shape index (κ2) is 7.34. The molecule has 0 spiro atoms. The van der Waals surface area contributed by atoms with Crippen LogP contribution in [0.4, 0.5) is 4.39 Å². The monoisotopic (exact) mass is 291 g/mol. The topological polar surface area (TPSA) is 37.4 Å². The first kappa shape index (κ1) is 15.7. The summed E-state index contributed by atoms with van der Waals surface area (Å²) in [5.74, 6) is -0.133. The summed E-state index contributed by atoms with van der Waals surface area (Å²) >= 11 is 0. The van der Waals surface area contributed by atoms with E-state index in [0.717, 1.165) is 37.8 Å². The van der Waals surface area contributed by atoms with Crippen molar-refractivity contribution in [2.24, 2.45) is 0 Å². The van der Waals surface area contributed by atoms with Gasteiger partial charge in [-0.25, -0.2) is 4.39 Å². The lowest BCUT2D eigenvalue weighted by Gasteiger charge is -2.29. The van der Waals surface area contributed by atoms with E-state index in [1.807, 2.05) is 4.90 Å². The van der Waals surface area contributed by atoms with Crippen LogP contribution in [0.2, 0.25) is 0 Å². The normalized spacial score (nSPS) is 19.1. The summed E-state index contributed by atoms with van der Waals surface area (Å²) in [7, 11) is 0. The molecule has 1 amide bonds. The third kappa shape index (κ3) is 4.66. The zero-order chi connectivity index (χ0) is 15.2. The fourth-order valence-electron chi connectivity index (χ4n) is 2.93. The summed E-state index contributed by atoms with van der Waals surface area (Å²) in [4.78, 5) is 25.8. The summed E-state index contributed by atoms with van der Waals surface area (Å²) in [6, 6.07) is 6.06. The van der Waals surface area contributed by atoms with Crippen LogP contribution in [0.25, 0.3) is 0 Å². The Morgan fingerprint density at radius 1 is 1.19 bits per heavy atom. The molecule has 1 fully saturated rings. The molecule has 2 rings (SSSR count). The number of carbonyl (C=O) groups excluding carboxylic acids is 2. The average molecular weight is 291 g/mol. The maximum absolute atomic E-state index is 12.9. The van der Waals surface area contributed by atoms with Gasteiger partial charge in [-0.05, 0) is 37.5 Å². The Balaban J connectivity index is 2.06. The minimum absolute atomic E-state index is 0.0259. The van der Waals surface area contributed by atoms with Gasteiger partial charge in [-0.15, -0.1) is 0 Å². The number of Topliss-reactive ketones (excluding diaryl/α,β-unsaturated/α-hetero) is 1. The van der Waals surface area contributed by atoms with Gasteiger partial charge in [0.05, 0.1) is 6.42 Å². The standard InChI is InChI=1S/C17H22FNO2/c1-13(20)11-16-5-3-2-4-10-19(16)17(21)12-14-6-8-15(18)9-7-14/h6-9,16H,2-5,10-12H2,1H3. The molecular formula is C17H22FNO2. The fraction of sp³-hybridized carbons (Fsp3) is 0.529. The molecule has 0 aliphatic carbocycles. The highest BCUT2D eigenvalue weighted by atomic mass is 19.1. The average Bonchev–Trinajstić information content (AvgIpc) is 2.66. The molecule has 4 heteroatoms. The number of halogens is 1. The summed E-state index contributed by atoms with van der Waals surface area (Å²) in [5, 5.41) is 0. The van der Waals surface area contributed by atoms with Gasteiger partial charge in [0.25, 0.3) is 0 Å². The SMILES string of the molecule is CC(=O)CC1CCCCCN1C(=O)Cc1ccc(F)cc1. The highest BCUT2D eigenvalue weighted by molar-refractivity contribution is 5.81. The molecule has 1 aromatic carbocycles. The molecule has 0 aromatic heterocycles. The van der Waals surface area contributed by atoms with E-state index in [0.29, 0.717) is 6.42 Å². The Bertz CT molecular complexity index is 498. The van der Waals surface area contributed by atoms with Crippen molar-refractivity contribution in [1.29, 1.82) is 0 Å². The first-order valence-electron chi connectivity index (χ1n) is 7.59. The molecule has 0 radical (unpaired) electrons. The maximum Gasteiger partial charge on any atom is 0.227 e. The van der Waals surface area contributed by atoms with Gasteiger partial charge in [-0.1, -0.05) is 25.0 Å². The van der Waals surface area contributed by atoms with E-state index in [4.69, 9.17) is 0 Å². The first-order chi connectivity index (χ1) is 10.1. The quantitative estimate of drug-likeness (QED) is 0.854. The van der Waals surface area contributed by atoms with Crippen LogP contribution < -0.4 is 0 Å². The lowest BCUT2D eigenvalue weighted by atomic mass is 10.0. The number of likely N-dealkylation sites (tertiary alicyclic amines) is 1. The van der Waals surface area contributed by atoms with Gasteiger partial charge in [0.1, 0.15) is 11.6 Å². The van der Waals surface area contributed by atoms with Gasteiger partial charge in [0.15, 0.2) is 0 Å². The molecule has 114 valence electrons. The molecule has 0 N–H and O–H groups in total. The number of ketones is 1. The predicted octanol–water partition coefficient (Wildman–Crippen LogP) is 3.12. The highest BCUT2D eigenvalue weighted by Crippen LogP contribution is 2.21. The molecule has 1 aliphatic heterocycles. The third-order valence-electron chi connectivity index (χ3n) is 3.99. The van der Waals surface area contributed by atoms with Crippen molar-refractivity contribution in [3.63, 3.8) is 0 Å². The molecule has 1 saturated heterocycles. The second-order valence-electron chi connectivity index (χ2n) is 5.80. The highest BCUT2D eigenvalue weighted by Gasteiger charge is 2.26. The van der Waals surface area contributed by atoms with Crippen molar-refractivity contribution in [3.05, 3.63) is 35.6 Å². The lowest BCUT2D eigenvalue weighted by Crippen LogP contribution is -2.41. The van der Waals surface area contributed by atoms with E-state index in [-0.39, 0.29) is 30.0 Å². The summed E-state index contributed by atoms with van der Waals surface area (Å²) in [5.41, 5.74) is 0.812. The number of hydrogen-bond acceptors (Lipinski definition) is 2. The predicted molar refractivity (Wildman–Crippen MR) is 79.4 cm³/mol. The van der Waals surface area contributed by atoms with Crippen molar-refractivity contribution in [2.75, 3.05) is 6.54 Å². The van der Waals surface area contributed by atoms with Gasteiger partial charge in [-0.2, -0.15) is 0 Å². The van der Waals surface area contributed by atoms with Crippen LogP contribution in [0.1, 0.15) is 44.6 Å². The van der Waals surface area contributed by atoms with Gasteiger partial charge in [-0.3, -0.25) is 9.59 Å². The van der Waals surface area contributed by atoms with Gasteiger partial charge in [0, 0.05) is 19.0 Å². The second-order valence-corrected chi connectivity index (χ2v) is 5.80. The van der Waals surface area contributed by atoms with Crippen LogP contribution >= 0.6 is 0 Å². The number of benzene rings is 1. The molecule has 1 aromatic rings. The molecule has 21 heavy (non-hydrogen) atoms. The van der Waals surface area contributed by atoms with Crippen LogP contribution in [0.15, 0.2) is 24.3 Å². The Morgan fingerprint density at radius 3 is 2.57 bits per heavy atom. The Morgan fingerprint density at radius 2 is 1.90 bits per heavy atom. The van der Waals surface area contributed by atoms with Gasteiger partial charge in [0.2, 0.25) is 5.91 Å². The van der Waals surface area contributed by atoms with E-state index in [1.54, 1.807) is 19.1 Å². The smallest absolute Gasteiger partial charge is 0.227 e. The molecular weight excluding hydrogens is 269 g/mol. The molecule has 0 bridgehead atoms. The number of rotatable bonds is 4. The first-order valence-corrected chi connectivity index (χ1v) is 7.59. The summed E-state index contributed by atoms with van der Waals surface area (Å²) in [6.45, 7) is 2.30. The van der Waals surface area contributed by atoms with Gasteiger partial charge < -0.3 is 4.90 Å². The molecule has 1 unspecified atom stereocenters. The van der Waals surface area contributed by atoms with Gasteiger partial charge >= 0.3 is 0 Å². The number of carbonyl (C=O) groups is 2. The van der Waals surface area contributed by atoms with Crippen molar-refractivity contribution >= 4 is 11.7 Å². The zero-order valence-corrected chi connectivity index (χ0v) is 12.5. The fourth-order valence-corrected chi connectivity index (χ4v) is 2.93. The minimum Gasteiger partial charge on any atom is -0.339 e. The number of nitrogens with zero attached hydrogens (tertiary/aromatic N) is 1. The van der Waals surface area contributed by atoms with Crippen LogP contribution in [0.3, 0.4) is 0 Å². The van der Waals surface area contributed by atoms with Crippen molar-refractivity contribution < 1.29 is 14.0 Å². The van der Waals surface area contributed by atoms with E-state index >= 15 is 0 Å². The summed E-state index contributed by atoms with van der Waals surface area (Å²) < 4.78 is 12.9. The molecule has 3 nitrogen and oxygen atoms in total. The Hall–Kier alpha value is -1.71. The van der Waals surface area contributed by atoms with Crippen molar-refractivity contribution in [3.8, 4) is 0 Å². The van der Waals surface area contributed by atoms with E-state index in [9.17, 15) is 14.0 Å². The van der Waals surface area contributed by atoms with Crippen molar-refractivity contribution in [2.45, 2.75) is 51.5 Å². The minimum atomic E-state index is -0.296. The Kier molecular flexibility index (Phi) is 5.48. The van der Waals surface area contributed by atoms with E-state index in [1.165, 1.54) is 12.1 Å². The largest absolute Gasteiger partial charge is 0.339 e. The number of hydrogen-bond donors (Lipinski definition) is 0. The third-order valence-corrected chi connectivity index (χ3v) is 3.99. The lowest BCUT2D eigenvalue weighted by molar-refractivity contribution is -0.133. The van der Waals surface area contributed by atoms with Crippen LogP contribution in [-0.4, -0.2) is 29.2 Å². The van der Waals surface area contributed by atoms with E-state index < -0.39 is 0 Å². The Labute approximate surface area is 125 Å².